The lowest BCUT2D eigenvalue weighted by atomic mass is 10.1. The van der Waals surface area contributed by atoms with E-state index in [1.54, 1.807) is 25.0 Å². The third-order valence-electron chi connectivity index (χ3n) is 7.50. The first-order valence-corrected chi connectivity index (χ1v) is 13.9. The Morgan fingerprint density at radius 2 is 1.68 bits per heavy atom. The number of nitrogens with one attached hydrogen (secondary N) is 1. The molecule has 1 aliphatic rings. The molecule has 0 spiro atoms. The van der Waals surface area contributed by atoms with Gasteiger partial charge in [0.15, 0.2) is 22.9 Å². The third kappa shape index (κ3) is 6.18. The zero-order valence-electron chi connectivity index (χ0n) is 23.5. The van der Waals surface area contributed by atoms with Crippen molar-refractivity contribution >= 4 is 11.6 Å². The van der Waals surface area contributed by atoms with Crippen molar-refractivity contribution in [3.05, 3.63) is 89.8 Å². The highest BCUT2D eigenvalue weighted by Crippen LogP contribution is 2.28. The van der Waals surface area contributed by atoms with Crippen molar-refractivity contribution < 1.29 is 13.9 Å². The maximum Gasteiger partial charge on any atom is 0.226 e. The quantitative estimate of drug-likeness (QED) is 0.256. The molecule has 0 unspecified atom stereocenters. The van der Waals surface area contributed by atoms with Gasteiger partial charge in [0.05, 0.1) is 20.5 Å². The smallest absolute Gasteiger partial charge is 0.226 e. The molecule has 6 rings (SSSR count). The molecule has 1 N–H and O–H groups in total. The summed E-state index contributed by atoms with van der Waals surface area (Å²) in [5.41, 5.74) is 4.22. The van der Waals surface area contributed by atoms with E-state index < -0.39 is 0 Å². The van der Waals surface area contributed by atoms with E-state index >= 15 is 0 Å². The molecule has 1 fully saturated rings. The Kier molecular flexibility index (Phi) is 8.11. The molecule has 41 heavy (non-hydrogen) atoms. The number of anilines is 1. The minimum Gasteiger partial charge on any atom is -0.493 e. The SMILES string of the molecule is COc1ccc(CNc2ncc(CN3CCN(CCc4ccccc4)CC3)c3nc(-c4ccco4)nn23)cc1OC. The Labute approximate surface area is 239 Å². The monoisotopic (exact) mass is 553 g/mol. The highest BCUT2D eigenvalue weighted by Gasteiger charge is 2.21. The number of nitrogens with zero attached hydrogens (tertiary/aromatic N) is 6. The summed E-state index contributed by atoms with van der Waals surface area (Å²) in [6.45, 7) is 6.47. The number of hydrogen-bond acceptors (Lipinski definition) is 9. The van der Waals surface area contributed by atoms with Gasteiger partial charge in [0.25, 0.3) is 0 Å². The molecule has 5 aromatic rings. The summed E-state index contributed by atoms with van der Waals surface area (Å²) in [5.74, 6) is 3.13. The van der Waals surface area contributed by atoms with Crippen molar-refractivity contribution in [2.45, 2.75) is 19.5 Å². The van der Waals surface area contributed by atoms with Gasteiger partial charge in [-0.1, -0.05) is 36.4 Å². The van der Waals surface area contributed by atoms with Crippen LogP contribution < -0.4 is 14.8 Å². The second kappa shape index (κ2) is 12.4. The normalized spacial score (nSPS) is 14.4. The van der Waals surface area contributed by atoms with E-state index in [1.807, 2.05) is 36.5 Å². The van der Waals surface area contributed by atoms with E-state index in [2.05, 4.69) is 45.4 Å². The third-order valence-corrected chi connectivity index (χ3v) is 7.50. The van der Waals surface area contributed by atoms with Crippen LogP contribution in [-0.2, 0) is 19.5 Å². The largest absolute Gasteiger partial charge is 0.493 e. The number of fused-ring (bicyclic) bond motifs is 1. The van der Waals surface area contributed by atoms with Gasteiger partial charge in [-0.3, -0.25) is 4.90 Å². The zero-order valence-corrected chi connectivity index (χ0v) is 23.5. The van der Waals surface area contributed by atoms with Crippen molar-refractivity contribution in [2.75, 3.05) is 52.3 Å². The minimum absolute atomic E-state index is 0.530. The number of piperazine rings is 1. The van der Waals surface area contributed by atoms with Crippen LogP contribution in [0.25, 0.3) is 17.2 Å². The number of methoxy groups -OCH3 is 2. The molecule has 1 saturated heterocycles. The first-order valence-electron chi connectivity index (χ1n) is 13.9. The van der Waals surface area contributed by atoms with E-state index in [-0.39, 0.29) is 0 Å². The molecular formula is C31H35N7O3. The number of benzene rings is 2. The fourth-order valence-electron chi connectivity index (χ4n) is 5.18. The summed E-state index contributed by atoms with van der Waals surface area (Å²) in [4.78, 5) is 14.6. The molecule has 3 aromatic heterocycles. The molecule has 0 saturated carbocycles. The molecule has 4 heterocycles. The Balaban J connectivity index is 1.16. The van der Waals surface area contributed by atoms with Crippen LogP contribution in [0, 0.1) is 0 Å². The van der Waals surface area contributed by atoms with Gasteiger partial charge in [0.2, 0.25) is 11.8 Å². The maximum absolute atomic E-state index is 5.60. The standard InChI is InChI=1S/C31H35N7O3/c1-39-26-11-10-24(19-28(26)40-2)20-32-31-33-21-25(30-34-29(35-38(30)31)27-9-6-18-41-27)22-37-16-14-36(15-17-37)13-12-23-7-4-3-5-8-23/h3-11,18-19,21H,12-17,20,22H2,1-2H3,(H,32,33). The summed E-state index contributed by atoms with van der Waals surface area (Å²) in [6, 6.07) is 20.3. The second-order valence-electron chi connectivity index (χ2n) is 10.2. The minimum atomic E-state index is 0.530. The molecule has 2 aromatic carbocycles. The second-order valence-corrected chi connectivity index (χ2v) is 10.2. The van der Waals surface area contributed by atoms with E-state index in [9.17, 15) is 0 Å². The Morgan fingerprint density at radius 3 is 2.44 bits per heavy atom. The molecule has 0 bridgehead atoms. The Bertz CT molecular complexity index is 1560. The molecule has 10 nitrogen and oxygen atoms in total. The van der Waals surface area contributed by atoms with Crippen molar-refractivity contribution in [3.8, 4) is 23.1 Å². The van der Waals surface area contributed by atoms with Crippen molar-refractivity contribution in [1.29, 1.82) is 0 Å². The van der Waals surface area contributed by atoms with Crippen LogP contribution in [0.5, 0.6) is 11.5 Å². The van der Waals surface area contributed by atoms with Crippen LogP contribution in [0.4, 0.5) is 5.95 Å². The Morgan fingerprint density at radius 1 is 0.878 bits per heavy atom. The van der Waals surface area contributed by atoms with Gasteiger partial charge in [-0.2, -0.15) is 4.52 Å². The first-order chi connectivity index (χ1) is 20.2. The predicted octanol–water partition coefficient (Wildman–Crippen LogP) is 4.37. The average Bonchev–Trinajstić information content (AvgIpc) is 3.72. The first kappa shape index (κ1) is 26.8. The highest BCUT2D eigenvalue weighted by molar-refractivity contribution is 5.58. The van der Waals surface area contributed by atoms with Gasteiger partial charge < -0.3 is 24.1 Å². The zero-order chi connectivity index (χ0) is 28.0. The van der Waals surface area contributed by atoms with E-state index in [0.29, 0.717) is 35.6 Å². The summed E-state index contributed by atoms with van der Waals surface area (Å²) in [7, 11) is 3.26. The van der Waals surface area contributed by atoms with Gasteiger partial charge in [0, 0.05) is 57.6 Å². The summed E-state index contributed by atoms with van der Waals surface area (Å²) in [5, 5.41) is 8.18. The summed E-state index contributed by atoms with van der Waals surface area (Å²) >= 11 is 0. The lowest BCUT2D eigenvalue weighted by molar-refractivity contribution is 0.128. The van der Waals surface area contributed by atoms with Crippen molar-refractivity contribution in [1.82, 2.24) is 29.4 Å². The maximum atomic E-state index is 5.60. The molecule has 212 valence electrons. The lowest BCUT2D eigenvalue weighted by Crippen LogP contribution is -2.46. The summed E-state index contributed by atoms with van der Waals surface area (Å²) in [6.07, 6.45) is 4.63. The van der Waals surface area contributed by atoms with Crippen molar-refractivity contribution in [2.24, 2.45) is 0 Å². The molecule has 0 atom stereocenters. The van der Waals surface area contributed by atoms with Gasteiger partial charge in [0.1, 0.15) is 0 Å². The van der Waals surface area contributed by atoms with Crippen LogP contribution in [-0.4, -0.2) is 76.3 Å². The number of furan rings is 1. The molecule has 1 aliphatic heterocycles. The topological polar surface area (TPSA) is 93.2 Å². The lowest BCUT2D eigenvalue weighted by Gasteiger charge is -2.34. The van der Waals surface area contributed by atoms with E-state index in [4.69, 9.17) is 29.0 Å². The molecule has 0 amide bonds. The number of hydrogen-bond donors (Lipinski definition) is 1. The van der Waals surface area contributed by atoms with E-state index in [1.165, 1.54) is 5.56 Å². The van der Waals surface area contributed by atoms with Gasteiger partial charge in [-0.15, -0.1) is 5.10 Å². The molecule has 0 aliphatic carbocycles. The van der Waals surface area contributed by atoms with Crippen LogP contribution >= 0.6 is 0 Å². The number of aromatic nitrogens is 4. The summed E-state index contributed by atoms with van der Waals surface area (Å²) < 4.78 is 18.2. The van der Waals surface area contributed by atoms with Crippen LogP contribution in [0.15, 0.2) is 77.5 Å². The average molecular weight is 554 g/mol. The van der Waals surface area contributed by atoms with E-state index in [0.717, 1.165) is 62.5 Å². The van der Waals surface area contributed by atoms with Crippen LogP contribution in [0.2, 0.25) is 0 Å². The number of rotatable bonds is 11. The van der Waals surface area contributed by atoms with Gasteiger partial charge in [-0.25, -0.2) is 9.97 Å². The highest BCUT2D eigenvalue weighted by atomic mass is 16.5. The van der Waals surface area contributed by atoms with Gasteiger partial charge in [-0.05, 0) is 41.8 Å². The Hall–Kier alpha value is -4.41. The predicted molar refractivity (Wildman–Crippen MR) is 157 cm³/mol. The fraction of sp³-hybridized carbons (Fsp3) is 0.323. The van der Waals surface area contributed by atoms with Crippen LogP contribution in [0.1, 0.15) is 16.7 Å². The van der Waals surface area contributed by atoms with Gasteiger partial charge >= 0.3 is 0 Å². The fourth-order valence-corrected chi connectivity index (χ4v) is 5.18. The molecular weight excluding hydrogens is 518 g/mol. The van der Waals surface area contributed by atoms with Crippen molar-refractivity contribution in [3.63, 3.8) is 0 Å². The molecule has 0 radical (unpaired) electrons. The number of ether oxygens (including phenoxy) is 2. The molecule has 10 heteroatoms. The van der Waals surface area contributed by atoms with Crippen LogP contribution in [0.3, 0.4) is 0 Å².